The van der Waals surface area contributed by atoms with Crippen molar-refractivity contribution >= 4 is 38.9 Å². The Bertz CT molecular complexity index is 1030. The first-order chi connectivity index (χ1) is 15.0. The Balaban J connectivity index is 1.94. The predicted molar refractivity (Wildman–Crippen MR) is 123 cm³/mol. The maximum Gasteiger partial charge on any atom is 0.311 e. The first-order valence-electron chi connectivity index (χ1n) is 9.67. The summed E-state index contributed by atoms with van der Waals surface area (Å²) in [6, 6.07) is 11.7. The maximum atomic E-state index is 12.5. The molecule has 0 aliphatic heterocycles. The molecule has 1 unspecified atom stereocenters. The molecule has 31 heavy (non-hydrogen) atoms. The van der Waals surface area contributed by atoms with E-state index in [1.165, 1.54) is 23.5 Å². The minimum absolute atomic E-state index is 0.113. The lowest BCUT2D eigenvalue weighted by Crippen LogP contribution is -2.12. The van der Waals surface area contributed by atoms with Crippen molar-refractivity contribution in [2.75, 3.05) is 6.61 Å². The van der Waals surface area contributed by atoms with Gasteiger partial charge in [0.2, 0.25) is 0 Å². The molecular formula is C22H21BrN2O5S. The molecule has 9 heteroatoms. The van der Waals surface area contributed by atoms with Crippen molar-refractivity contribution in [3.63, 3.8) is 0 Å². The summed E-state index contributed by atoms with van der Waals surface area (Å²) in [6.45, 7) is 2.29. The van der Waals surface area contributed by atoms with E-state index >= 15 is 0 Å². The van der Waals surface area contributed by atoms with E-state index in [1.54, 1.807) is 36.0 Å². The highest BCUT2D eigenvalue weighted by Crippen LogP contribution is 2.44. The highest BCUT2D eigenvalue weighted by Gasteiger charge is 2.26. The molecule has 162 valence electrons. The first-order valence-corrected chi connectivity index (χ1v) is 11.5. The standard InChI is InChI=1S/C22H21BrN2O5S/c1-15(23)11-12-29-22-19(30-20(26)10-7-17-13-24-14-31-17)9-8-18(25(27)28)21(22)16-5-3-2-4-6-16/h2-6,8-9,13-15H,7,10-12H2,1H3. The molecule has 7 nitrogen and oxygen atoms in total. The molecule has 0 radical (unpaired) electrons. The number of esters is 1. The number of nitro groups is 1. The van der Waals surface area contributed by atoms with Gasteiger partial charge in [-0.25, -0.2) is 0 Å². The van der Waals surface area contributed by atoms with Crippen molar-refractivity contribution in [1.29, 1.82) is 0 Å². The van der Waals surface area contributed by atoms with Crippen molar-refractivity contribution in [2.45, 2.75) is 31.0 Å². The van der Waals surface area contributed by atoms with Crippen LogP contribution >= 0.6 is 27.3 Å². The van der Waals surface area contributed by atoms with Gasteiger partial charge in [-0.3, -0.25) is 19.9 Å². The summed E-state index contributed by atoms with van der Waals surface area (Å²) in [6.07, 6.45) is 3.07. The fourth-order valence-electron chi connectivity index (χ4n) is 2.90. The number of nitro benzene ring substituents is 1. The van der Waals surface area contributed by atoms with Gasteiger partial charge in [0.15, 0.2) is 11.5 Å². The Hall–Kier alpha value is -2.78. The lowest BCUT2D eigenvalue weighted by atomic mass is 10.0. The van der Waals surface area contributed by atoms with Gasteiger partial charge in [0.1, 0.15) is 5.56 Å². The van der Waals surface area contributed by atoms with Crippen LogP contribution in [0, 0.1) is 10.1 Å². The van der Waals surface area contributed by atoms with E-state index in [0.717, 1.165) is 4.88 Å². The molecule has 3 rings (SSSR count). The van der Waals surface area contributed by atoms with Crippen LogP contribution in [0.25, 0.3) is 11.1 Å². The number of aryl methyl sites for hydroxylation is 1. The third-order valence-corrected chi connectivity index (χ3v) is 5.70. The van der Waals surface area contributed by atoms with Crippen LogP contribution in [0.1, 0.15) is 24.6 Å². The number of benzene rings is 2. The molecule has 0 saturated carbocycles. The Morgan fingerprint density at radius 1 is 1.26 bits per heavy atom. The van der Waals surface area contributed by atoms with E-state index in [4.69, 9.17) is 9.47 Å². The molecule has 0 spiro atoms. The molecule has 0 amide bonds. The molecule has 0 aliphatic carbocycles. The number of rotatable bonds is 10. The normalized spacial score (nSPS) is 11.7. The van der Waals surface area contributed by atoms with Crippen LogP contribution in [-0.4, -0.2) is 27.3 Å². The number of ether oxygens (including phenoxy) is 2. The summed E-state index contributed by atoms with van der Waals surface area (Å²) in [7, 11) is 0. The van der Waals surface area contributed by atoms with Crippen molar-refractivity contribution in [3.05, 3.63) is 69.2 Å². The van der Waals surface area contributed by atoms with E-state index in [-0.39, 0.29) is 28.4 Å². The molecule has 0 bridgehead atoms. The Labute approximate surface area is 192 Å². The molecule has 1 atom stereocenters. The number of carbonyl (C=O) groups is 1. The van der Waals surface area contributed by atoms with Crippen LogP contribution in [-0.2, 0) is 11.2 Å². The fraction of sp³-hybridized carbons (Fsp3) is 0.273. The van der Waals surface area contributed by atoms with Gasteiger partial charge in [-0.1, -0.05) is 53.2 Å². The highest BCUT2D eigenvalue weighted by molar-refractivity contribution is 9.09. The summed E-state index contributed by atoms with van der Waals surface area (Å²) in [5.74, 6) is -0.0827. The topological polar surface area (TPSA) is 91.6 Å². The largest absolute Gasteiger partial charge is 0.489 e. The highest BCUT2D eigenvalue weighted by atomic mass is 79.9. The van der Waals surface area contributed by atoms with E-state index in [9.17, 15) is 14.9 Å². The van der Waals surface area contributed by atoms with Gasteiger partial charge < -0.3 is 9.47 Å². The van der Waals surface area contributed by atoms with E-state index in [2.05, 4.69) is 20.9 Å². The monoisotopic (exact) mass is 504 g/mol. The third-order valence-electron chi connectivity index (χ3n) is 4.40. The molecule has 0 saturated heterocycles. The second-order valence-corrected chi connectivity index (χ2v) is 9.30. The summed E-state index contributed by atoms with van der Waals surface area (Å²) in [4.78, 5) is 28.9. The second-order valence-electron chi connectivity index (χ2n) is 6.77. The Kier molecular flexibility index (Phi) is 8.13. The smallest absolute Gasteiger partial charge is 0.311 e. The van der Waals surface area contributed by atoms with Crippen molar-refractivity contribution < 1.29 is 19.2 Å². The Morgan fingerprint density at radius 2 is 2.03 bits per heavy atom. The minimum Gasteiger partial charge on any atom is -0.489 e. The molecule has 1 aromatic heterocycles. The summed E-state index contributed by atoms with van der Waals surface area (Å²) in [5, 5.41) is 11.7. The molecule has 0 N–H and O–H groups in total. The van der Waals surface area contributed by atoms with Gasteiger partial charge in [-0.15, -0.1) is 11.3 Å². The zero-order chi connectivity index (χ0) is 22.2. The number of nitrogens with zero attached hydrogens (tertiary/aromatic N) is 2. The van der Waals surface area contributed by atoms with Crippen LogP contribution in [0.5, 0.6) is 11.5 Å². The number of carbonyl (C=O) groups excluding carboxylic acids is 1. The van der Waals surface area contributed by atoms with Crippen molar-refractivity contribution in [1.82, 2.24) is 4.98 Å². The second kappa shape index (κ2) is 11.0. The van der Waals surface area contributed by atoms with Crippen LogP contribution in [0.3, 0.4) is 0 Å². The van der Waals surface area contributed by atoms with E-state index in [1.807, 2.05) is 13.0 Å². The predicted octanol–water partition coefficient (Wildman–Crippen LogP) is 5.81. The number of hydrogen-bond donors (Lipinski definition) is 0. The number of hydrogen-bond acceptors (Lipinski definition) is 7. The lowest BCUT2D eigenvalue weighted by molar-refractivity contribution is -0.384. The van der Waals surface area contributed by atoms with Crippen LogP contribution in [0.2, 0.25) is 0 Å². The average molecular weight is 505 g/mol. The van der Waals surface area contributed by atoms with Gasteiger partial charge in [0.05, 0.1) is 23.5 Å². The van der Waals surface area contributed by atoms with Crippen LogP contribution in [0.4, 0.5) is 5.69 Å². The van der Waals surface area contributed by atoms with E-state index in [0.29, 0.717) is 30.6 Å². The summed E-state index contributed by atoms with van der Waals surface area (Å²) in [5.41, 5.74) is 2.50. The zero-order valence-corrected chi connectivity index (χ0v) is 19.2. The molecule has 0 fully saturated rings. The molecule has 2 aromatic carbocycles. The van der Waals surface area contributed by atoms with Gasteiger partial charge in [0.25, 0.3) is 5.69 Å². The van der Waals surface area contributed by atoms with Crippen LogP contribution in [0.15, 0.2) is 54.2 Å². The number of halogens is 1. The fourth-order valence-corrected chi connectivity index (χ4v) is 3.69. The van der Waals surface area contributed by atoms with Crippen molar-refractivity contribution in [2.24, 2.45) is 0 Å². The third kappa shape index (κ3) is 6.35. The van der Waals surface area contributed by atoms with Crippen LogP contribution < -0.4 is 9.47 Å². The number of thiazole rings is 1. The van der Waals surface area contributed by atoms with Gasteiger partial charge in [-0.05, 0) is 24.5 Å². The number of alkyl halides is 1. The lowest BCUT2D eigenvalue weighted by Gasteiger charge is -2.16. The minimum atomic E-state index is -0.461. The SMILES string of the molecule is CC(Br)CCOc1c(OC(=O)CCc2cncs2)ccc([N+](=O)[O-])c1-c1ccccc1. The first kappa shape index (κ1) is 22.9. The molecule has 3 aromatic rings. The molecule has 1 heterocycles. The molecule has 0 aliphatic rings. The van der Waals surface area contributed by atoms with Crippen molar-refractivity contribution in [3.8, 4) is 22.6 Å². The van der Waals surface area contributed by atoms with E-state index < -0.39 is 10.9 Å². The van der Waals surface area contributed by atoms with Gasteiger partial charge in [0, 0.05) is 22.0 Å². The molecular weight excluding hydrogens is 484 g/mol. The quantitative estimate of drug-likeness (QED) is 0.114. The summed E-state index contributed by atoms with van der Waals surface area (Å²) >= 11 is 4.94. The Morgan fingerprint density at radius 3 is 2.68 bits per heavy atom. The average Bonchev–Trinajstić information content (AvgIpc) is 3.27. The van der Waals surface area contributed by atoms with Gasteiger partial charge >= 0.3 is 5.97 Å². The maximum absolute atomic E-state index is 12.5. The summed E-state index contributed by atoms with van der Waals surface area (Å²) < 4.78 is 11.5. The number of aromatic nitrogens is 1. The van der Waals surface area contributed by atoms with Gasteiger partial charge in [-0.2, -0.15) is 0 Å². The zero-order valence-electron chi connectivity index (χ0n) is 16.8.